The van der Waals surface area contributed by atoms with Crippen molar-refractivity contribution in [1.82, 2.24) is 0 Å². The van der Waals surface area contributed by atoms with Crippen LogP contribution in [0.5, 0.6) is 0 Å². The Morgan fingerprint density at radius 1 is 0.417 bits per heavy atom. The summed E-state index contributed by atoms with van der Waals surface area (Å²) in [6.07, 6.45) is 7.81. The van der Waals surface area contributed by atoms with Crippen LogP contribution in [0.15, 0.2) is 60.7 Å². The van der Waals surface area contributed by atoms with Gasteiger partial charge in [0.25, 0.3) is 0 Å². The van der Waals surface area contributed by atoms with Crippen LogP contribution in [0.1, 0.15) is 139 Å². The second-order valence-corrected chi connectivity index (χ2v) is 10.8. The van der Waals surface area contributed by atoms with E-state index >= 15 is 0 Å². The molecule has 3 aromatic carbocycles. The normalized spacial score (nSPS) is 11.1. The summed E-state index contributed by atoms with van der Waals surface area (Å²) in [6.45, 7) is 34.1. The van der Waals surface area contributed by atoms with Gasteiger partial charge in [0.2, 0.25) is 0 Å². The van der Waals surface area contributed by atoms with Crippen LogP contribution in [-0.2, 0) is 25.7 Å². The number of anilines is 3. The predicted octanol–water partition coefficient (Wildman–Crippen LogP) is 13.2. The van der Waals surface area contributed by atoms with Crippen LogP contribution >= 0.6 is 0 Å². The first-order valence-electron chi connectivity index (χ1n) is 19.0. The van der Waals surface area contributed by atoms with E-state index in [4.69, 9.17) is 0 Å². The van der Waals surface area contributed by atoms with Crippen LogP contribution in [0.25, 0.3) is 0 Å². The highest BCUT2D eigenvalue weighted by molar-refractivity contribution is 5.59. The van der Waals surface area contributed by atoms with E-state index in [9.17, 15) is 0 Å². The number of nitrogens with zero attached hydrogens (tertiary/aromatic N) is 3. The SMILES string of the molecule is C.C.CC.CC.CC.CCN(CC)c1cccc2c1CCC2.CCN(CC)c1cccc2c1CCC2.CCN(CC)c1ccccc1C. The molecule has 0 N–H and O–H groups in total. The van der Waals surface area contributed by atoms with Gasteiger partial charge in [0.1, 0.15) is 0 Å². The summed E-state index contributed by atoms with van der Waals surface area (Å²) >= 11 is 0. The minimum absolute atomic E-state index is 0. The Labute approximate surface area is 302 Å². The summed E-state index contributed by atoms with van der Waals surface area (Å²) in [7, 11) is 0. The molecule has 0 radical (unpaired) electrons. The van der Waals surface area contributed by atoms with Crippen LogP contribution in [0.2, 0.25) is 0 Å². The first-order valence-corrected chi connectivity index (χ1v) is 19.0. The van der Waals surface area contributed by atoms with E-state index in [1.165, 1.54) is 61.2 Å². The maximum atomic E-state index is 2.46. The minimum Gasteiger partial charge on any atom is -0.372 e. The van der Waals surface area contributed by atoms with Gasteiger partial charge in [0.05, 0.1) is 0 Å². The van der Waals surface area contributed by atoms with Crippen molar-refractivity contribution in [2.45, 2.75) is 143 Å². The zero-order valence-electron chi connectivity index (χ0n) is 32.6. The van der Waals surface area contributed by atoms with Gasteiger partial charge >= 0.3 is 0 Å². The number of hydrogen-bond donors (Lipinski definition) is 0. The van der Waals surface area contributed by atoms with Gasteiger partial charge in [0.15, 0.2) is 0 Å². The molecule has 276 valence electrons. The molecule has 0 saturated heterocycles. The van der Waals surface area contributed by atoms with Crippen molar-refractivity contribution in [3.63, 3.8) is 0 Å². The number of hydrogen-bond acceptors (Lipinski definition) is 3. The molecule has 0 aromatic heterocycles. The van der Waals surface area contributed by atoms with Crippen molar-refractivity contribution >= 4 is 17.1 Å². The highest BCUT2D eigenvalue weighted by atomic mass is 15.1. The Morgan fingerprint density at radius 3 is 1.06 bits per heavy atom. The molecule has 0 heterocycles. The van der Waals surface area contributed by atoms with Crippen molar-refractivity contribution < 1.29 is 0 Å². The Morgan fingerprint density at radius 2 is 0.729 bits per heavy atom. The molecule has 3 heteroatoms. The van der Waals surface area contributed by atoms with Crippen molar-refractivity contribution in [3.05, 3.63) is 88.5 Å². The van der Waals surface area contributed by atoms with E-state index < -0.39 is 0 Å². The van der Waals surface area contributed by atoms with Gasteiger partial charge in [-0.3, -0.25) is 0 Å². The topological polar surface area (TPSA) is 9.72 Å². The molecule has 5 rings (SSSR count). The Balaban J connectivity index is -0.000000576. The van der Waals surface area contributed by atoms with Crippen LogP contribution < -0.4 is 14.7 Å². The average molecular weight is 664 g/mol. The molecule has 0 unspecified atom stereocenters. The largest absolute Gasteiger partial charge is 0.372 e. The minimum atomic E-state index is 0. The zero-order chi connectivity index (χ0) is 34.9. The lowest BCUT2D eigenvalue weighted by molar-refractivity contribution is 0.852. The van der Waals surface area contributed by atoms with Gasteiger partial charge in [-0.05, 0) is 133 Å². The lowest BCUT2D eigenvalue weighted by Gasteiger charge is -2.23. The van der Waals surface area contributed by atoms with Gasteiger partial charge in [-0.2, -0.15) is 0 Å². The van der Waals surface area contributed by atoms with Gasteiger partial charge in [-0.1, -0.05) is 98.9 Å². The molecule has 0 spiro atoms. The third kappa shape index (κ3) is 14.7. The second kappa shape index (κ2) is 30.1. The highest BCUT2D eigenvalue weighted by Gasteiger charge is 2.17. The molecule has 0 fully saturated rings. The van der Waals surface area contributed by atoms with Crippen molar-refractivity contribution in [1.29, 1.82) is 0 Å². The Kier molecular flexibility index (Phi) is 31.1. The number of para-hydroxylation sites is 1. The highest BCUT2D eigenvalue weighted by Crippen LogP contribution is 2.32. The van der Waals surface area contributed by atoms with Crippen molar-refractivity contribution in [2.75, 3.05) is 54.0 Å². The summed E-state index contributed by atoms with van der Waals surface area (Å²) < 4.78 is 0. The van der Waals surface area contributed by atoms with Crippen LogP contribution in [0, 0.1) is 6.92 Å². The van der Waals surface area contributed by atoms with Crippen LogP contribution in [0.3, 0.4) is 0 Å². The lowest BCUT2D eigenvalue weighted by Crippen LogP contribution is -2.23. The Bertz CT molecular complexity index is 1090. The molecule has 48 heavy (non-hydrogen) atoms. The monoisotopic (exact) mass is 664 g/mol. The molecule has 2 aliphatic carbocycles. The molecule has 2 aliphatic rings. The third-order valence-corrected chi connectivity index (χ3v) is 8.67. The number of fused-ring (bicyclic) bond motifs is 2. The van der Waals surface area contributed by atoms with Crippen LogP contribution in [0.4, 0.5) is 17.1 Å². The maximum Gasteiger partial charge on any atom is 0.0401 e. The molecular formula is C45H81N3. The van der Waals surface area contributed by atoms with E-state index in [-0.39, 0.29) is 14.9 Å². The van der Waals surface area contributed by atoms with Crippen molar-refractivity contribution in [2.24, 2.45) is 0 Å². The summed E-state index contributed by atoms with van der Waals surface area (Å²) in [4.78, 5) is 7.30. The predicted molar refractivity (Wildman–Crippen MR) is 226 cm³/mol. The second-order valence-electron chi connectivity index (χ2n) is 10.8. The number of aryl methyl sites for hydroxylation is 3. The number of rotatable bonds is 9. The van der Waals surface area contributed by atoms with Gasteiger partial charge < -0.3 is 14.7 Å². The van der Waals surface area contributed by atoms with E-state index in [0.717, 1.165) is 39.3 Å². The molecule has 0 saturated carbocycles. The average Bonchev–Trinajstić information content (AvgIpc) is 3.82. The van der Waals surface area contributed by atoms with E-state index in [1.54, 1.807) is 22.3 Å². The summed E-state index contributed by atoms with van der Waals surface area (Å²) in [5, 5.41) is 0. The zero-order valence-corrected chi connectivity index (χ0v) is 32.6. The molecule has 0 amide bonds. The standard InChI is InChI=1S/2C13H19N.C11H17N.3C2H6.2CH4/c2*1-3-14(4-2)13-10-6-8-11-7-5-9-12(11)13;1-4-12(5-2)11-9-7-6-8-10(11)3;3*1-2;;/h2*6,8,10H,3-5,7,9H2,1-2H3;6-9H,4-5H2,1-3H3;3*1-2H3;2*1H4. The summed E-state index contributed by atoms with van der Waals surface area (Å²) in [5.74, 6) is 0. The summed E-state index contributed by atoms with van der Waals surface area (Å²) in [5.41, 5.74) is 12.1. The fourth-order valence-electron chi connectivity index (χ4n) is 6.40. The fourth-order valence-corrected chi connectivity index (χ4v) is 6.40. The first-order chi connectivity index (χ1) is 22.5. The third-order valence-electron chi connectivity index (χ3n) is 8.67. The molecular weight excluding hydrogens is 583 g/mol. The van der Waals surface area contributed by atoms with Gasteiger partial charge in [0, 0.05) is 56.3 Å². The molecule has 0 aliphatic heterocycles. The first kappa shape index (κ1) is 49.4. The van der Waals surface area contributed by atoms with E-state index in [0.29, 0.717) is 0 Å². The smallest absolute Gasteiger partial charge is 0.0401 e. The number of benzene rings is 3. The molecule has 0 atom stereocenters. The maximum absolute atomic E-state index is 2.46. The fraction of sp³-hybridized carbons (Fsp3) is 0.600. The van der Waals surface area contributed by atoms with E-state index in [1.807, 2.05) is 41.5 Å². The molecule has 3 aromatic rings. The quantitative estimate of drug-likeness (QED) is 0.226. The van der Waals surface area contributed by atoms with Crippen molar-refractivity contribution in [3.8, 4) is 0 Å². The molecule has 3 nitrogen and oxygen atoms in total. The molecule has 0 bridgehead atoms. The van der Waals surface area contributed by atoms with Gasteiger partial charge in [-0.25, -0.2) is 0 Å². The Hall–Kier alpha value is -2.94. The van der Waals surface area contributed by atoms with E-state index in [2.05, 4.69) is 124 Å². The van der Waals surface area contributed by atoms with Gasteiger partial charge in [-0.15, -0.1) is 0 Å². The summed E-state index contributed by atoms with van der Waals surface area (Å²) in [6, 6.07) is 22.1. The van der Waals surface area contributed by atoms with Crippen LogP contribution in [-0.4, -0.2) is 39.3 Å². The lowest BCUT2D eigenvalue weighted by atomic mass is 10.1.